The highest BCUT2D eigenvalue weighted by atomic mass is 79.9. The van der Waals surface area contributed by atoms with Crippen molar-refractivity contribution in [3.05, 3.63) is 34.3 Å². The van der Waals surface area contributed by atoms with Gasteiger partial charge >= 0.3 is 5.97 Å². The van der Waals surface area contributed by atoms with Crippen molar-refractivity contribution in [1.82, 2.24) is 0 Å². The van der Waals surface area contributed by atoms with E-state index < -0.39 is 32.5 Å². The number of aliphatic carboxylic acids is 1. The van der Waals surface area contributed by atoms with E-state index in [2.05, 4.69) is 15.9 Å². The lowest BCUT2D eigenvalue weighted by Crippen LogP contribution is -2.39. The van der Waals surface area contributed by atoms with Crippen molar-refractivity contribution in [2.45, 2.75) is 16.7 Å². The number of halogens is 1. The highest BCUT2D eigenvalue weighted by molar-refractivity contribution is 9.10. The third-order valence-corrected chi connectivity index (χ3v) is 5.35. The second-order valence-electron chi connectivity index (χ2n) is 4.52. The molecule has 0 unspecified atom stereocenters. The number of rotatable bonds is 3. The van der Waals surface area contributed by atoms with Gasteiger partial charge in [-0.25, -0.2) is 8.42 Å². The Morgan fingerprint density at radius 2 is 1.89 bits per heavy atom. The van der Waals surface area contributed by atoms with Gasteiger partial charge in [-0.3, -0.25) is 4.79 Å². The summed E-state index contributed by atoms with van der Waals surface area (Å²) in [5.74, 6) is -1.98. The molecule has 0 heterocycles. The van der Waals surface area contributed by atoms with Gasteiger partial charge in [0.05, 0.1) is 5.25 Å². The number of carboxylic acids is 1. The van der Waals surface area contributed by atoms with Crippen molar-refractivity contribution >= 4 is 31.7 Å². The van der Waals surface area contributed by atoms with E-state index in [4.69, 9.17) is 10.8 Å². The molecule has 7 heteroatoms. The highest BCUT2D eigenvalue weighted by Crippen LogP contribution is 2.54. The first-order valence-corrected chi connectivity index (χ1v) is 7.90. The van der Waals surface area contributed by atoms with Crippen LogP contribution in [0.4, 0.5) is 0 Å². The Kier molecular flexibility index (Phi) is 3.03. The number of carboxylic acid groups (broad SMARTS) is 1. The summed E-state index contributed by atoms with van der Waals surface area (Å²) in [7, 11) is -3.51. The molecule has 0 spiro atoms. The number of nitrogens with two attached hydrogens (primary N) is 1. The molecule has 3 N–H and O–H groups in total. The van der Waals surface area contributed by atoms with Gasteiger partial charge < -0.3 is 10.8 Å². The maximum absolute atomic E-state index is 11.6. The van der Waals surface area contributed by atoms with Gasteiger partial charge in [0.25, 0.3) is 0 Å². The molecule has 0 bridgehead atoms. The number of hydrogen-bond donors (Lipinski definition) is 2. The molecule has 5 nitrogen and oxygen atoms in total. The maximum Gasteiger partial charge on any atom is 0.325 e. The van der Waals surface area contributed by atoms with E-state index in [9.17, 15) is 13.2 Å². The summed E-state index contributed by atoms with van der Waals surface area (Å²) in [6.07, 6.45) is 1.01. The van der Waals surface area contributed by atoms with Crippen LogP contribution >= 0.6 is 15.9 Å². The minimum absolute atomic E-state index is 0.624. The highest BCUT2D eigenvalue weighted by Gasteiger charge is 2.73. The molecule has 98 valence electrons. The first kappa shape index (κ1) is 13.5. The predicted molar refractivity (Wildman–Crippen MR) is 70.1 cm³/mol. The van der Waals surface area contributed by atoms with Crippen LogP contribution in [-0.2, 0) is 14.6 Å². The summed E-state index contributed by atoms with van der Waals surface area (Å²) in [6, 6.07) is 6.83. The van der Waals surface area contributed by atoms with Crippen molar-refractivity contribution < 1.29 is 18.3 Å². The average molecular weight is 334 g/mol. The van der Waals surface area contributed by atoms with Gasteiger partial charge in [0.2, 0.25) is 0 Å². The monoisotopic (exact) mass is 333 g/mol. The average Bonchev–Trinajstić information content (AvgIpc) is 2.87. The van der Waals surface area contributed by atoms with Crippen molar-refractivity contribution in [3.8, 4) is 0 Å². The Labute approximate surface area is 113 Å². The van der Waals surface area contributed by atoms with Crippen LogP contribution in [0, 0.1) is 0 Å². The molecule has 0 amide bonds. The van der Waals surface area contributed by atoms with Crippen LogP contribution in [0.25, 0.3) is 0 Å². The third-order valence-electron chi connectivity index (χ3n) is 3.24. The standard InChI is InChI=1S/C11H12BrNO4S/c1-18(16,17)9-8(11(9,13)10(14)15)6-2-4-7(12)5-3-6/h2-5,8-9H,13H2,1H3,(H,14,15)/t8-,9-,11-/m1/s1. The summed E-state index contributed by atoms with van der Waals surface area (Å²) < 4.78 is 24.1. The number of sulfone groups is 1. The van der Waals surface area contributed by atoms with Crippen LogP contribution in [0.5, 0.6) is 0 Å². The van der Waals surface area contributed by atoms with Gasteiger partial charge in [0, 0.05) is 16.6 Å². The van der Waals surface area contributed by atoms with Crippen LogP contribution in [0.2, 0.25) is 0 Å². The fourth-order valence-electron chi connectivity index (χ4n) is 2.35. The Morgan fingerprint density at radius 1 is 1.39 bits per heavy atom. The SMILES string of the molecule is CS(=O)(=O)[C@@H]1[C@@H](c2ccc(Br)cc2)[C@]1(N)C(=O)O. The summed E-state index contributed by atoms with van der Waals surface area (Å²) in [5, 5.41) is 8.07. The van der Waals surface area contributed by atoms with Gasteiger partial charge in [-0.05, 0) is 17.7 Å². The smallest absolute Gasteiger partial charge is 0.325 e. The molecule has 1 aromatic carbocycles. The molecule has 0 radical (unpaired) electrons. The van der Waals surface area contributed by atoms with E-state index in [0.29, 0.717) is 5.56 Å². The first-order chi connectivity index (χ1) is 8.19. The maximum atomic E-state index is 11.6. The van der Waals surface area contributed by atoms with Crippen molar-refractivity contribution in [2.75, 3.05) is 6.26 Å². The lowest BCUT2D eigenvalue weighted by atomic mass is 10.1. The van der Waals surface area contributed by atoms with Crippen LogP contribution in [0.15, 0.2) is 28.7 Å². The third kappa shape index (κ3) is 1.96. The Balaban J connectivity index is 2.45. The second-order valence-corrected chi connectivity index (χ2v) is 7.60. The van der Waals surface area contributed by atoms with Gasteiger partial charge in [-0.2, -0.15) is 0 Å². The predicted octanol–water partition coefficient (Wildman–Crippen LogP) is 0.742. The van der Waals surface area contributed by atoms with Gasteiger partial charge in [-0.15, -0.1) is 0 Å². The summed E-state index contributed by atoms with van der Waals surface area (Å²) in [5.41, 5.74) is 4.65. The molecular weight excluding hydrogens is 322 g/mol. The van der Waals surface area contributed by atoms with Crippen molar-refractivity contribution in [2.24, 2.45) is 5.73 Å². The van der Waals surface area contributed by atoms with E-state index in [-0.39, 0.29) is 0 Å². The molecule has 1 aliphatic carbocycles. The van der Waals surface area contributed by atoms with Crippen LogP contribution in [-0.4, -0.2) is 36.5 Å². The first-order valence-electron chi connectivity index (χ1n) is 5.15. The summed E-state index contributed by atoms with van der Waals surface area (Å²) in [6.45, 7) is 0. The van der Waals surface area contributed by atoms with Crippen LogP contribution < -0.4 is 5.73 Å². The lowest BCUT2D eigenvalue weighted by molar-refractivity contribution is -0.139. The van der Waals surface area contributed by atoms with E-state index >= 15 is 0 Å². The van der Waals surface area contributed by atoms with Crippen LogP contribution in [0.1, 0.15) is 11.5 Å². The molecule has 0 aliphatic heterocycles. The fourth-order valence-corrected chi connectivity index (χ4v) is 4.37. The molecule has 0 saturated heterocycles. The van der Waals surface area contributed by atoms with Gasteiger partial charge in [-0.1, -0.05) is 28.1 Å². The Morgan fingerprint density at radius 3 is 2.22 bits per heavy atom. The zero-order valence-electron chi connectivity index (χ0n) is 9.50. The normalized spacial score (nSPS) is 31.1. The largest absolute Gasteiger partial charge is 0.480 e. The quantitative estimate of drug-likeness (QED) is 0.850. The van der Waals surface area contributed by atoms with E-state index in [1.54, 1.807) is 24.3 Å². The van der Waals surface area contributed by atoms with E-state index in [0.717, 1.165) is 10.7 Å². The second kappa shape index (κ2) is 4.04. The van der Waals surface area contributed by atoms with E-state index in [1.807, 2.05) is 0 Å². The Hall–Kier alpha value is -0.920. The van der Waals surface area contributed by atoms with Crippen molar-refractivity contribution in [1.29, 1.82) is 0 Å². The molecule has 1 aromatic rings. The minimum atomic E-state index is -3.51. The number of hydrogen-bond acceptors (Lipinski definition) is 4. The molecule has 0 aromatic heterocycles. The number of carbonyl (C=O) groups is 1. The topological polar surface area (TPSA) is 97.5 Å². The molecule has 1 fully saturated rings. The minimum Gasteiger partial charge on any atom is -0.480 e. The van der Waals surface area contributed by atoms with Gasteiger partial charge in [0.1, 0.15) is 5.54 Å². The summed E-state index contributed by atoms with van der Waals surface area (Å²) >= 11 is 3.26. The summed E-state index contributed by atoms with van der Waals surface area (Å²) in [4.78, 5) is 11.2. The van der Waals surface area contributed by atoms with Crippen LogP contribution in [0.3, 0.4) is 0 Å². The number of benzene rings is 1. The molecule has 2 rings (SSSR count). The molecule has 1 aliphatic rings. The molecule has 3 atom stereocenters. The fraction of sp³-hybridized carbons (Fsp3) is 0.364. The molecule has 18 heavy (non-hydrogen) atoms. The lowest BCUT2D eigenvalue weighted by Gasteiger charge is -2.04. The zero-order chi connectivity index (χ0) is 13.7. The van der Waals surface area contributed by atoms with E-state index in [1.165, 1.54) is 0 Å². The van der Waals surface area contributed by atoms with Gasteiger partial charge in [0.15, 0.2) is 9.84 Å². The van der Waals surface area contributed by atoms with Crippen molar-refractivity contribution in [3.63, 3.8) is 0 Å². The zero-order valence-corrected chi connectivity index (χ0v) is 11.9. The molecule has 1 saturated carbocycles. The Bertz CT molecular complexity index is 598. The molecular formula is C11H12BrNO4S.